The van der Waals surface area contributed by atoms with E-state index in [1.165, 1.54) is 0 Å². The molecule has 9 nitrogen and oxygen atoms in total. The van der Waals surface area contributed by atoms with Crippen molar-refractivity contribution in [1.82, 2.24) is 0 Å². The zero-order valence-electron chi connectivity index (χ0n) is 28.7. The van der Waals surface area contributed by atoms with E-state index in [9.17, 15) is 0 Å². The molecule has 0 bridgehead atoms. The fourth-order valence-electron chi connectivity index (χ4n) is 5.60. The van der Waals surface area contributed by atoms with Crippen molar-refractivity contribution in [3.8, 4) is 0 Å². The van der Waals surface area contributed by atoms with Crippen LogP contribution in [0.4, 0.5) is 0 Å². The van der Waals surface area contributed by atoms with Crippen molar-refractivity contribution >= 4 is 0 Å². The highest BCUT2D eigenvalue weighted by molar-refractivity contribution is 4.94. The maximum atomic E-state index is 6.76. The van der Waals surface area contributed by atoms with E-state index >= 15 is 0 Å². The van der Waals surface area contributed by atoms with Gasteiger partial charge in [0, 0.05) is 26.4 Å². The molecule has 0 saturated carbocycles. The number of unbranched alkanes of at least 4 members (excludes halogenated alkanes) is 6. The Morgan fingerprint density at radius 1 is 0.628 bits per heavy atom. The van der Waals surface area contributed by atoms with Crippen molar-refractivity contribution in [2.24, 2.45) is 5.73 Å². The predicted octanol–water partition coefficient (Wildman–Crippen LogP) is 6.53. The van der Waals surface area contributed by atoms with Crippen LogP contribution in [0.5, 0.6) is 0 Å². The summed E-state index contributed by atoms with van der Waals surface area (Å²) in [6, 6.07) is -0.384. The van der Waals surface area contributed by atoms with Crippen LogP contribution in [0.15, 0.2) is 0 Å². The highest BCUT2D eigenvalue weighted by Gasteiger charge is 2.50. The van der Waals surface area contributed by atoms with Crippen molar-refractivity contribution in [3.05, 3.63) is 0 Å². The predicted molar refractivity (Wildman–Crippen MR) is 170 cm³/mol. The van der Waals surface area contributed by atoms with Gasteiger partial charge in [-0.25, -0.2) is 0 Å². The zero-order chi connectivity index (χ0) is 31.5. The van der Waals surface area contributed by atoms with Crippen LogP contribution in [-0.4, -0.2) is 94.4 Å². The van der Waals surface area contributed by atoms with Gasteiger partial charge in [-0.1, -0.05) is 79.6 Å². The highest BCUT2D eigenvalue weighted by atomic mass is 16.8. The van der Waals surface area contributed by atoms with Gasteiger partial charge in [-0.05, 0) is 46.0 Å². The Balaban J connectivity index is 2.24. The van der Waals surface area contributed by atoms with Gasteiger partial charge in [0.25, 0.3) is 0 Å². The molecule has 5 unspecified atom stereocenters. The van der Waals surface area contributed by atoms with Gasteiger partial charge in [0.2, 0.25) is 0 Å². The maximum Gasteiger partial charge on any atom is 0.186 e. The third-order valence-electron chi connectivity index (χ3n) is 8.13. The van der Waals surface area contributed by atoms with Crippen LogP contribution in [0, 0.1) is 0 Å². The lowest BCUT2D eigenvalue weighted by molar-refractivity contribution is -0.325. The molecular weight excluding hydrogens is 550 g/mol. The molecule has 0 aliphatic carbocycles. The van der Waals surface area contributed by atoms with Gasteiger partial charge in [0.15, 0.2) is 12.1 Å². The number of hydrogen-bond donors (Lipinski definition) is 1. The smallest absolute Gasteiger partial charge is 0.186 e. The van der Waals surface area contributed by atoms with Crippen LogP contribution in [0.2, 0.25) is 0 Å². The number of nitrogens with two attached hydrogens (primary N) is 1. The molecule has 2 aliphatic rings. The van der Waals surface area contributed by atoms with E-state index in [0.29, 0.717) is 33.0 Å². The SMILES string of the molecule is CCCCC[C@H]1OC(C)(C)O[C@H]1[C@@H](N)COC1OC(COCCCC)C(OCCCC)C(OCCCC)C1OCCCC. The molecule has 2 rings (SSSR count). The van der Waals surface area contributed by atoms with Crippen molar-refractivity contribution in [2.45, 2.75) is 180 Å². The average molecular weight is 618 g/mol. The van der Waals surface area contributed by atoms with Crippen molar-refractivity contribution in [3.63, 3.8) is 0 Å². The second-order valence-electron chi connectivity index (χ2n) is 12.7. The Morgan fingerprint density at radius 3 is 1.79 bits per heavy atom. The number of hydrogen-bond acceptors (Lipinski definition) is 9. The summed E-state index contributed by atoms with van der Waals surface area (Å²) >= 11 is 0. The molecule has 43 heavy (non-hydrogen) atoms. The van der Waals surface area contributed by atoms with Gasteiger partial charge in [0.1, 0.15) is 30.5 Å². The van der Waals surface area contributed by atoms with Gasteiger partial charge in [-0.2, -0.15) is 0 Å². The quantitative estimate of drug-likeness (QED) is 0.115. The lowest BCUT2D eigenvalue weighted by Gasteiger charge is -2.46. The summed E-state index contributed by atoms with van der Waals surface area (Å²) in [6.45, 7) is 18.0. The minimum atomic E-state index is -0.672. The monoisotopic (exact) mass is 617 g/mol. The number of ether oxygens (including phenoxy) is 8. The summed E-state index contributed by atoms with van der Waals surface area (Å²) in [4.78, 5) is 0. The lowest BCUT2D eigenvalue weighted by atomic mass is 9.97. The maximum absolute atomic E-state index is 6.76. The normalized spacial score (nSPS) is 29.7. The molecule has 0 amide bonds. The van der Waals surface area contributed by atoms with E-state index in [1.54, 1.807) is 0 Å². The van der Waals surface area contributed by atoms with Crippen LogP contribution < -0.4 is 5.73 Å². The molecule has 2 fully saturated rings. The molecule has 0 aromatic rings. The van der Waals surface area contributed by atoms with Gasteiger partial charge in [-0.15, -0.1) is 0 Å². The molecule has 0 radical (unpaired) electrons. The highest BCUT2D eigenvalue weighted by Crippen LogP contribution is 2.34. The molecule has 2 aliphatic heterocycles. The van der Waals surface area contributed by atoms with E-state index < -0.39 is 18.2 Å². The summed E-state index contributed by atoms with van der Waals surface area (Å²) < 4.78 is 51.3. The molecule has 2 heterocycles. The molecule has 0 spiro atoms. The fourth-order valence-corrected chi connectivity index (χ4v) is 5.60. The molecule has 8 atom stereocenters. The van der Waals surface area contributed by atoms with Crippen molar-refractivity contribution in [1.29, 1.82) is 0 Å². The molecule has 9 heteroatoms. The molecule has 0 aromatic heterocycles. The van der Waals surface area contributed by atoms with Gasteiger partial charge >= 0.3 is 0 Å². The first kappa shape index (κ1) is 38.8. The summed E-state index contributed by atoms with van der Waals surface area (Å²) in [5, 5.41) is 0. The fraction of sp³-hybridized carbons (Fsp3) is 1.00. The third kappa shape index (κ3) is 13.9. The minimum absolute atomic E-state index is 0.0646. The Morgan fingerprint density at radius 2 is 1.19 bits per heavy atom. The van der Waals surface area contributed by atoms with E-state index in [0.717, 1.165) is 77.0 Å². The second-order valence-corrected chi connectivity index (χ2v) is 12.7. The Labute approximate surface area is 263 Å². The van der Waals surface area contributed by atoms with Crippen LogP contribution in [-0.2, 0) is 37.9 Å². The lowest BCUT2D eigenvalue weighted by Crippen LogP contribution is -2.62. The van der Waals surface area contributed by atoms with Crippen molar-refractivity contribution in [2.75, 3.05) is 39.6 Å². The van der Waals surface area contributed by atoms with E-state index in [4.69, 9.17) is 43.6 Å². The molecule has 256 valence electrons. The van der Waals surface area contributed by atoms with Crippen LogP contribution in [0.3, 0.4) is 0 Å². The van der Waals surface area contributed by atoms with Gasteiger partial charge in [0.05, 0.1) is 25.4 Å². The minimum Gasteiger partial charge on any atom is -0.379 e. The van der Waals surface area contributed by atoms with Crippen LogP contribution >= 0.6 is 0 Å². The first-order valence-electron chi connectivity index (χ1n) is 17.6. The first-order chi connectivity index (χ1) is 20.8. The van der Waals surface area contributed by atoms with Crippen molar-refractivity contribution < 1.29 is 37.9 Å². The molecule has 2 saturated heterocycles. The number of rotatable bonds is 25. The standard InChI is InChI=1S/C34H67NO8/c1-8-13-18-19-27-29(43-34(6,7)42-27)26(35)24-40-33-32(39-23-17-12-5)31(38-22-16-11-4)30(37-21-15-10-3)28(41-33)25-36-20-14-9-2/h26-33H,8-25,35H2,1-7H3/t26-,27+,28?,29-,30?,31?,32?,33?/m0/s1. The second kappa shape index (κ2) is 22.2. The Hall–Kier alpha value is -0.360. The molecule has 2 N–H and O–H groups in total. The summed E-state index contributed by atoms with van der Waals surface area (Å²) in [7, 11) is 0. The van der Waals surface area contributed by atoms with Crippen LogP contribution in [0.1, 0.15) is 126 Å². The zero-order valence-corrected chi connectivity index (χ0v) is 28.7. The molecular formula is C34H67NO8. The Kier molecular flexibility index (Phi) is 20.1. The first-order valence-corrected chi connectivity index (χ1v) is 17.6. The van der Waals surface area contributed by atoms with E-state index in [1.807, 2.05) is 13.8 Å². The average Bonchev–Trinajstić information content (AvgIpc) is 3.30. The topological polar surface area (TPSA) is 99.9 Å². The van der Waals surface area contributed by atoms with E-state index in [2.05, 4.69) is 34.6 Å². The van der Waals surface area contributed by atoms with Gasteiger partial charge < -0.3 is 43.6 Å². The third-order valence-corrected chi connectivity index (χ3v) is 8.13. The van der Waals surface area contributed by atoms with E-state index in [-0.39, 0.29) is 43.2 Å². The largest absolute Gasteiger partial charge is 0.379 e. The summed E-state index contributed by atoms with van der Waals surface area (Å²) in [5.74, 6) is -0.672. The molecule has 0 aromatic carbocycles. The summed E-state index contributed by atoms with van der Waals surface area (Å²) in [5.41, 5.74) is 6.76. The van der Waals surface area contributed by atoms with Crippen LogP contribution in [0.25, 0.3) is 0 Å². The van der Waals surface area contributed by atoms with Gasteiger partial charge in [-0.3, -0.25) is 0 Å². The summed E-state index contributed by atoms with van der Waals surface area (Å²) in [6.07, 6.45) is 9.93. The Bertz CT molecular complexity index is 683.